The van der Waals surface area contributed by atoms with Gasteiger partial charge in [0.1, 0.15) is 10.9 Å². The number of nitrogens with zero attached hydrogens (tertiary/aromatic N) is 3. The molecule has 1 aromatic heterocycles. The Bertz CT molecular complexity index is 731. The minimum atomic E-state index is -0.526. The lowest BCUT2D eigenvalue weighted by Crippen LogP contribution is -2.41. The molecule has 3 rings (SSSR count). The summed E-state index contributed by atoms with van der Waals surface area (Å²) in [5.74, 6) is 0.868. The number of likely N-dealkylation sites (tertiary alicyclic amines) is 1. The molecule has 0 aliphatic carbocycles. The molecule has 0 spiro atoms. The third kappa shape index (κ3) is 3.38. The number of pyridine rings is 1. The van der Waals surface area contributed by atoms with E-state index in [9.17, 15) is 5.26 Å². The van der Waals surface area contributed by atoms with Gasteiger partial charge in [0.05, 0.1) is 18.6 Å². The number of rotatable bonds is 4. The molecule has 2 heterocycles. The minimum absolute atomic E-state index is 0.447. The Morgan fingerprint density at radius 3 is 2.54 bits per heavy atom. The highest BCUT2D eigenvalue weighted by Crippen LogP contribution is 2.38. The maximum Gasteiger partial charge on any atom is 0.133 e. The van der Waals surface area contributed by atoms with Gasteiger partial charge in [0.2, 0.25) is 0 Å². The van der Waals surface area contributed by atoms with Crippen molar-refractivity contribution in [3.8, 4) is 11.8 Å². The summed E-state index contributed by atoms with van der Waals surface area (Å²) in [5.41, 5.74) is 1.58. The average molecular weight is 342 g/mol. The first kappa shape index (κ1) is 16.8. The first-order chi connectivity index (χ1) is 11.7. The molecule has 0 bridgehead atoms. The van der Waals surface area contributed by atoms with Crippen LogP contribution >= 0.6 is 11.6 Å². The molecule has 0 N–H and O–H groups in total. The summed E-state index contributed by atoms with van der Waals surface area (Å²) in [6, 6.07) is 14.4. The fourth-order valence-electron chi connectivity index (χ4n) is 3.27. The molecule has 1 aliphatic heterocycles. The molecule has 0 saturated carbocycles. The number of hydrogen-bond acceptors (Lipinski definition) is 4. The molecule has 0 unspecified atom stereocenters. The molecule has 1 fully saturated rings. The monoisotopic (exact) mass is 341 g/mol. The fraction of sp³-hybridized carbons (Fsp3) is 0.368. The molecule has 5 heteroatoms. The van der Waals surface area contributed by atoms with Crippen molar-refractivity contribution < 1.29 is 4.74 Å². The Morgan fingerprint density at radius 2 is 1.96 bits per heavy atom. The van der Waals surface area contributed by atoms with Gasteiger partial charge in [-0.2, -0.15) is 5.26 Å². The Morgan fingerprint density at radius 1 is 1.25 bits per heavy atom. The molecule has 2 aromatic rings. The summed E-state index contributed by atoms with van der Waals surface area (Å²) >= 11 is 6.23. The summed E-state index contributed by atoms with van der Waals surface area (Å²) in [5, 5.41) is 10.2. The molecular formula is C19H20ClN3O. The molecule has 0 atom stereocenters. The van der Waals surface area contributed by atoms with Gasteiger partial charge >= 0.3 is 0 Å². The topological polar surface area (TPSA) is 49.1 Å². The van der Waals surface area contributed by atoms with Crippen LogP contribution in [0.4, 0.5) is 0 Å². The molecule has 1 aromatic carbocycles. The Hall–Kier alpha value is -2.09. The molecule has 1 aliphatic rings. The maximum absolute atomic E-state index is 9.78. The second kappa shape index (κ2) is 7.21. The fourth-order valence-corrected chi connectivity index (χ4v) is 3.57. The highest BCUT2D eigenvalue weighted by Gasteiger charge is 2.38. The summed E-state index contributed by atoms with van der Waals surface area (Å²) in [6.45, 7) is 2.61. The average Bonchev–Trinajstić information content (AvgIpc) is 2.64. The predicted octanol–water partition coefficient (Wildman–Crippen LogP) is 3.80. The molecule has 24 heavy (non-hydrogen) atoms. The summed E-state index contributed by atoms with van der Waals surface area (Å²) in [7, 11) is 1.67. The number of aromatic nitrogens is 1. The van der Waals surface area contributed by atoms with Gasteiger partial charge in [-0.05, 0) is 36.6 Å². The van der Waals surface area contributed by atoms with Crippen LogP contribution in [-0.4, -0.2) is 30.1 Å². The van der Waals surface area contributed by atoms with Crippen molar-refractivity contribution >= 4 is 11.6 Å². The van der Waals surface area contributed by atoms with Crippen LogP contribution in [0.3, 0.4) is 0 Å². The summed E-state index contributed by atoms with van der Waals surface area (Å²) < 4.78 is 5.19. The molecule has 1 saturated heterocycles. The summed E-state index contributed by atoms with van der Waals surface area (Å²) in [4.78, 5) is 6.52. The van der Waals surface area contributed by atoms with Crippen LogP contribution in [0.2, 0.25) is 5.15 Å². The molecule has 124 valence electrons. The van der Waals surface area contributed by atoms with Gasteiger partial charge in [0.15, 0.2) is 0 Å². The maximum atomic E-state index is 9.78. The lowest BCUT2D eigenvalue weighted by molar-refractivity contribution is 0.179. The SMILES string of the molecule is COc1ccc(CN2CCC(C#N)(c3cccnc3Cl)CC2)cc1. The van der Waals surface area contributed by atoms with Crippen molar-refractivity contribution in [1.82, 2.24) is 9.88 Å². The first-order valence-electron chi connectivity index (χ1n) is 8.04. The zero-order valence-corrected chi connectivity index (χ0v) is 14.5. The van der Waals surface area contributed by atoms with E-state index in [0.717, 1.165) is 43.8 Å². The first-order valence-corrected chi connectivity index (χ1v) is 8.42. The van der Waals surface area contributed by atoms with Crippen LogP contribution in [0.1, 0.15) is 24.0 Å². The van der Waals surface area contributed by atoms with Gasteiger partial charge < -0.3 is 4.74 Å². The number of piperidine rings is 1. The number of methoxy groups -OCH3 is 1. The molecule has 0 radical (unpaired) electrons. The second-order valence-electron chi connectivity index (χ2n) is 6.16. The van der Waals surface area contributed by atoms with Crippen LogP contribution in [0.15, 0.2) is 42.6 Å². The van der Waals surface area contributed by atoms with Crippen LogP contribution in [0, 0.1) is 11.3 Å². The van der Waals surface area contributed by atoms with Crippen molar-refractivity contribution in [2.45, 2.75) is 24.8 Å². The second-order valence-corrected chi connectivity index (χ2v) is 6.52. The van der Waals surface area contributed by atoms with E-state index in [1.807, 2.05) is 24.3 Å². The Balaban J connectivity index is 1.68. The number of hydrogen-bond donors (Lipinski definition) is 0. The van der Waals surface area contributed by atoms with Crippen molar-refractivity contribution in [3.05, 3.63) is 58.9 Å². The van der Waals surface area contributed by atoms with Gasteiger partial charge in [0.25, 0.3) is 0 Å². The predicted molar refractivity (Wildman–Crippen MR) is 94.0 cm³/mol. The van der Waals surface area contributed by atoms with E-state index < -0.39 is 5.41 Å². The van der Waals surface area contributed by atoms with E-state index >= 15 is 0 Å². The van der Waals surface area contributed by atoms with E-state index in [2.05, 4.69) is 28.1 Å². The minimum Gasteiger partial charge on any atom is -0.497 e. The van der Waals surface area contributed by atoms with Crippen LogP contribution in [0.5, 0.6) is 5.75 Å². The quantitative estimate of drug-likeness (QED) is 0.794. The largest absolute Gasteiger partial charge is 0.497 e. The van der Waals surface area contributed by atoms with E-state index in [4.69, 9.17) is 16.3 Å². The smallest absolute Gasteiger partial charge is 0.133 e. The number of benzene rings is 1. The van der Waals surface area contributed by atoms with Crippen molar-refractivity contribution in [3.63, 3.8) is 0 Å². The zero-order chi connectivity index (χ0) is 17.0. The van der Waals surface area contributed by atoms with Crippen molar-refractivity contribution in [2.24, 2.45) is 0 Å². The lowest BCUT2D eigenvalue weighted by atomic mass is 9.74. The highest BCUT2D eigenvalue weighted by molar-refractivity contribution is 6.30. The number of nitriles is 1. The van der Waals surface area contributed by atoms with Crippen molar-refractivity contribution in [2.75, 3.05) is 20.2 Å². The molecule has 4 nitrogen and oxygen atoms in total. The van der Waals surface area contributed by atoms with Crippen LogP contribution in [0.25, 0.3) is 0 Å². The van der Waals surface area contributed by atoms with Gasteiger partial charge in [-0.3, -0.25) is 4.90 Å². The van der Waals surface area contributed by atoms with Gasteiger partial charge in [-0.25, -0.2) is 4.98 Å². The van der Waals surface area contributed by atoms with Gasteiger partial charge in [-0.15, -0.1) is 0 Å². The zero-order valence-electron chi connectivity index (χ0n) is 13.7. The van der Waals surface area contributed by atoms with Gasteiger partial charge in [-0.1, -0.05) is 29.8 Å². The number of halogens is 1. The van der Waals surface area contributed by atoms with E-state index in [-0.39, 0.29) is 0 Å². The normalized spacial score (nSPS) is 17.2. The Labute approximate surface area is 147 Å². The van der Waals surface area contributed by atoms with E-state index in [0.29, 0.717) is 5.15 Å². The standard InChI is InChI=1S/C19H20ClN3O/c1-24-16-6-4-15(5-7-16)13-23-11-8-19(14-21,9-12-23)17-3-2-10-22-18(17)20/h2-7,10H,8-9,11-13H2,1H3. The summed E-state index contributed by atoms with van der Waals surface area (Å²) in [6.07, 6.45) is 3.20. The third-order valence-corrected chi connectivity index (χ3v) is 5.06. The Kier molecular flexibility index (Phi) is 5.03. The lowest BCUT2D eigenvalue weighted by Gasteiger charge is -2.37. The van der Waals surface area contributed by atoms with E-state index in [1.54, 1.807) is 13.3 Å². The van der Waals surface area contributed by atoms with E-state index in [1.165, 1.54) is 5.56 Å². The molecular weight excluding hydrogens is 322 g/mol. The number of ether oxygens (including phenoxy) is 1. The highest BCUT2D eigenvalue weighted by atomic mass is 35.5. The van der Waals surface area contributed by atoms with Crippen LogP contribution < -0.4 is 4.74 Å². The van der Waals surface area contributed by atoms with Crippen LogP contribution in [-0.2, 0) is 12.0 Å². The third-order valence-electron chi connectivity index (χ3n) is 4.76. The van der Waals surface area contributed by atoms with Gasteiger partial charge in [0, 0.05) is 31.4 Å². The van der Waals surface area contributed by atoms with Crippen molar-refractivity contribution in [1.29, 1.82) is 5.26 Å². The molecule has 0 amide bonds.